The zero-order valence-electron chi connectivity index (χ0n) is 8.14. The van der Waals surface area contributed by atoms with Gasteiger partial charge < -0.3 is 10.0 Å². The van der Waals surface area contributed by atoms with E-state index in [9.17, 15) is 0 Å². The predicted octanol–water partition coefficient (Wildman–Crippen LogP) is -0.373. The van der Waals surface area contributed by atoms with Gasteiger partial charge in [-0.25, -0.2) is 9.79 Å². The van der Waals surface area contributed by atoms with Crippen molar-refractivity contribution in [2.24, 2.45) is 4.99 Å². The summed E-state index contributed by atoms with van der Waals surface area (Å²) in [6, 6.07) is 7.12. The Morgan fingerprint density at radius 2 is 2.00 bits per heavy atom. The highest BCUT2D eigenvalue weighted by Gasteiger charge is 2.08. The molecule has 5 heteroatoms. The highest BCUT2D eigenvalue weighted by Crippen LogP contribution is 1.92. The van der Waals surface area contributed by atoms with Crippen LogP contribution in [0.1, 0.15) is 5.56 Å². The lowest BCUT2D eigenvalue weighted by Crippen LogP contribution is -2.29. The fourth-order valence-corrected chi connectivity index (χ4v) is 0.831. The molecule has 0 aliphatic heterocycles. The molecule has 4 nitrogen and oxygen atoms in total. The fourth-order valence-electron chi connectivity index (χ4n) is 0.831. The van der Waals surface area contributed by atoms with Crippen LogP contribution >= 0.6 is 0 Å². The van der Waals surface area contributed by atoms with Crippen molar-refractivity contribution in [3.8, 4) is 0 Å². The lowest BCUT2D eigenvalue weighted by atomic mass is 9.80. The van der Waals surface area contributed by atoms with Crippen LogP contribution in [0.3, 0.4) is 0 Å². The molecule has 0 fully saturated rings. The number of isocyanates is 1. The molecule has 1 aromatic rings. The molecule has 0 aliphatic rings. The van der Waals surface area contributed by atoms with Crippen LogP contribution in [0.4, 0.5) is 0 Å². The maximum absolute atomic E-state index is 8.88. The quantitative estimate of drug-likeness (QED) is 0.363. The highest BCUT2D eigenvalue weighted by molar-refractivity contribution is 6.58. The average molecular weight is 193 g/mol. The molecule has 0 spiro atoms. The van der Waals surface area contributed by atoms with Gasteiger partial charge in [0.05, 0.1) is 0 Å². The van der Waals surface area contributed by atoms with Crippen LogP contribution in [0.25, 0.3) is 0 Å². The van der Waals surface area contributed by atoms with Gasteiger partial charge in [-0.2, -0.15) is 0 Å². The number of carbonyl (C=O) groups excluding carboxylic acids is 1. The summed E-state index contributed by atoms with van der Waals surface area (Å²) in [5.41, 5.74) is 1.57. The topological polar surface area (TPSA) is 69.9 Å². The maximum atomic E-state index is 8.88. The molecule has 14 heavy (non-hydrogen) atoms. The van der Waals surface area contributed by atoms with Crippen molar-refractivity contribution >= 4 is 18.7 Å². The summed E-state index contributed by atoms with van der Waals surface area (Å²) in [4.78, 5) is 11.8. The number of aliphatic imine (C=N–C) groups is 1. The van der Waals surface area contributed by atoms with Gasteiger partial charge in [0, 0.05) is 7.05 Å². The van der Waals surface area contributed by atoms with Crippen LogP contribution in [-0.2, 0) is 4.79 Å². The van der Waals surface area contributed by atoms with Crippen molar-refractivity contribution in [1.29, 1.82) is 0 Å². The van der Waals surface area contributed by atoms with Gasteiger partial charge in [0.15, 0.2) is 0 Å². The molecule has 0 amide bonds. The monoisotopic (exact) mass is 193 g/mol. The Bertz CT molecular complexity index is 322. The molecule has 0 radical (unpaired) electrons. The van der Waals surface area contributed by atoms with Gasteiger partial charge in [-0.1, -0.05) is 29.8 Å². The van der Waals surface area contributed by atoms with Gasteiger partial charge in [0.25, 0.3) is 0 Å². The summed E-state index contributed by atoms with van der Waals surface area (Å²) in [5, 5.41) is 17.4. The largest absolute Gasteiger partial charge is 0.488 e. The number of hydrogen-bond donors (Lipinski definition) is 2. The van der Waals surface area contributed by atoms with Gasteiger partial charge in [-0.05, 0) is 12.4 Å². The van der Waals surface area contributed by atoms with E-state index in [2.05, 4.69) is 4.99 Å². The van der Waals surface area contributed by atoms with Crippen molar-refractivity contribution in [2.45, 2.75) is 6.92 Å². The van der Waals surface area contributed by atoms with E-state index in [1.54, 1.807) is 18.2 Å². The standard InChI is InChI=1S/C7H9BO2.C2H3NO/c1-6-3-2-4-7(5-6)8(9)10;1-3-2-4/h2-5,9-10H,1H3;1H3. The normalized spacial score (nSPS) is 8.00. The molecular formula is C9H12BNO3. The third-order valence-electron chi connectivity index (χ3n) is 1.43. The van der Waals surface area contributed by atoms with E-state index >= 15 is 0 Å². The van der Waals surface area contributed by atoms with E-state index in [4.69, 9.17) is 14.8 Å². The first-order valence-electron chi connectivity index (χ1n) is 4.00. The summed E-state index contributed by atoms with van der Waals surface area (Å²) in [7, 11) is 0.0346. The number of benzene rings is 1. The smallest absolute Gasteiger partial charge is 0.423 e. The molecule has 74 valence electrons. The third-order valence-corrected chi connectivity index (χ3v) is 1.43. The number of nitrogens with zero attached hydrogens (tertiary/aromatic N) is 1. The molecule has 1 rings (SSSR count). The Labute approximate surface area is 83.1 Å². The summed E-state index contributed by atoms with van der Waals surface area (Å²) in [6.07, 6.45) is 1.31. The van der Waals surface area contributed by atoms with Crippen molar-refractivity contribution in [2.75, 3.05) is 7.05 Å². The molecular weight excluding hydrogens is 181 g/mol. The van der Waals surface area contributed by atoms with Gasteiger partial charge in [0.2, 0.25) is 6.08 Å². The molecule has 2 N–H and O–H groups in total. The molecule has 1 aromatic carbocycles. The second kappa shape index (κ2) is 7.03. The number of rotatable bonds is 1. The lowest BCUT2D eigenvalue weighted by Gasteiger charge is -1.98. The molecule has 0 aromatic heterocycles. The van der Waals surface area contributed by atoms with Crippen LogP contribution in [0.5, 0.6) is 0 Å². The van der Waals surface area contributed by atoms with Crippen LogP contribution in [-0.4, -0.2) is 30.3 Å². The van der Waals surface area contributed by atoms with Crippen LogP contribution < -0.4 is 5.46 Å². The zero-order valence-corrected chi connectivity index (χ0v) is 8.14. The molecule has 0 unspecified atom stereocenters. The molecule has 0 heterocycles. The molecule has 0 saturated heterocycles. The Morgan fingerprint density at radius 3 is 2.29 bits per heavy atom. The van der Waals surface area contributed by atoms with Gasteiger partial charge in [0.1, 0.15) is 0 Å². The fraction of sp³-hybridized carbons (Fsp3) is 0.222. The van der Waals surface area contributed by atoms with Crippen LogP contribution in [0.2, 0.25) is 0 Å². The molecule has 0 saturated carbocycles. The van der Waals surface area contributed by atoms with E-state index in [1.165, 1.54) is 13.1 Å². The van der Waals surface area contributed by atoms with E-state index in [-0.39, 0.29) is 0 Å². The summed E-state index contributed by atoms with van der Waals surface area (Å²) in [6.45, 7) is 1.91. The van der Waals surface area contributed by atoms with Crippen molar-refractivity contribution in [1.82, 2.24) is 0 Å². The van der Waals surface area contributed by atoms with E-state index in [1.807, 2.05) is 13.0 Å². The van der Waals surface area contributed by atoms with E-state index < -0.39 is 7.12 Å². The van der Waals surface area contributed by atoms with E-state index in [0.717, 1.165) is 5.56 Å². The molecule has 0 bridgehead atoms. The SMILES string of the molecule is CN=C=O.Cc1cccc(B(O)O)c1. The molecule has 0 atom stereocenters. The minimum atomic E-state index is -1.35. The van der Waals surface area contributed by atoms with Crippen LogP contribution in [0.15, 0.2) is 29.3 Å². The number of hydrogen-bond acceptors (Lipinski definition) is 4. The Morgan fingerprint density at radius 1 is 1.43 bits per heavy atom. The van der Waals surface area contributed by atoms with Crippen molar-refractivity contribution < 1.29 is 14.8 Å². The summed E-state index contributed by atoms with van der Waals surface area (Å²) >= 11 is 0. The first-order chi connectivity index (χ1) is 6.61. The minimum absolute atomic E-state index is 0.542. The van der Waals surface area contributed by atoms with Crippen molar-refractivity contribution in [3.63, 3.8) is 0 Å². The maximum Gasteiger partial charge on any atom is 0.488 e. The van der Waals surface area contributed by atoms with Gasteiger partial charge in [-0.15, -0.1) is 0 Å². The first-order valence-corrected chi connectivity index (χ1v) is 4.00. The minimum Gasteiger partial charge on any atom is -0.423 e. The second-order valence-electron chi connectivity index (χ2n) is 2.60. The molecule has 0 aliphatic carbocycles. The highest BCUT2D eigenvalue weighted by atomic mass is 16.4. The third kappa shape index (κ3) is 5.27. The Kier molecular flexibility index (Phi) is 6.32. The first kappa shape index (κ1) is 12.6. The predicted molar refractivity (Wildman–Crippen MR) is 55.1 cm³/mol. The van der Waals surface area contributed by atoms with Crippen molar-refractivity contribution in [3.05, 3.63) is 29.8 Å². The summed E-state index contributed by atoms with van der Waals surface area (Å²) < 4.78 is 0. The Hall–Kier alpha value is -1.42. The lowest BCUT2D eigenvalue weighted by molar-refractivity contribution is 0.425. The number of aryl methyl sites for hydroxylation is 1. The van der Waals surface area contributed by atoms with Crippen LogP contribution in [0, 0.1) is 6.92 Å². The zero-order chi connectivity index (χ0) is 11.0. The van der Waals surface area contributed by atoms with Gasteiger partial charge in [-0.3, -0.25) is 0 Å². The average Bonchev–Trinajstić information content (AvgIpc) is 2.18. The second-order valence-corrected chi connectivity index (χ2v) is 2.60. The van der Waals surface area contributed by atoms with E-state index in [0.29, 0.717) is 5.46 Å². The Balaban J connectivity index is 0.000000364. The van der Waals surface area contributed by atoms with Gasteiger partial charge >= 0.3 is 7.12 Å². The summed E-state index contributed by atoms with van der Waals surface area (Å²) in [5.74, 6) is 0.